The van der Waals surface area contributed by atoms with Crippen LogP contribution in [0.15, 0.2) is 24.3 Å². The van der Waals surface area contributed by atoms with Crippen molar-refractivity contribution in [1.29, 1.82) is 0 Å². The first-order valence-corrected chi connectivity index (χ1v) is 8.94. The van der Waals surface area contributed by atoms with Crippen LogP contribution in [-0.2, 0) is 4.79 Å². The summed E-state index contributed by atoms with van der Waals surface area (Å²) in [7, 11) is 0. The Labute approximate surface area is 150 Å². The van der Waals surface area contributed by atoms with Crippen LogP contribution >= 0.6 is 0 Å². The minimum atomic E-state index is -0.795. The summed E-state index contributed by atoms with van der Waals surface area (Å²) in [5.74, 6) is 4.61. The standard InChI is InChI=1S/C20H30O5/c1-2-3-6-9-15(21)12-13-17-16(18(22)14-19(17)23)10-7-4-5-8-11-20(24)25/h4,7,12-13,15-19,21-23H,5-6,8-11,14H2,1H3,(H,24,25)/t15-,16+,17+,18-,19+/m0/s1. The molecule has 0 radical (unpaired) electrons. The van der Waals surface area contributed by atoms with Crippen molar-refractivity contribution in [1.82, 2.24) is 0 Å². The van der Waals surface area contributed by atoms with Gasteiger partial charge >= 0.3 is 5.97 Å². The van der Waals surface area contributed by atoms with E-state index in [1.54, 1.807) is 13.0 Å². The van der Waals surface area contributed by atoms with Crippen molar-refractivity contribution in [3.63, 3.8) is 0 Å². The van der Waals surface area contributed by atoms with Crippen molar-refractivity contribution in [2.75, 3.05) is 0 Å². The summed E-state index contributed by atoms with van der Waals surface area (Å²) in [6.07, 6.45) is 9.17. The Kier molecular flexibility index (Phi) is 10.2. The Bertz CT molecular complexity index is 514. The van der Waals surface area contributed by atoms with Gasteiger partial charge in [0.05, 0.1) is 18.3 Å². The van der Waals surface area contributed by atoms with Crippen molar-refractivity contribution in [3.8, 4) is 11.8 Å². The molecule has 0 saturated heterocycles. The molecule has 5 atom stereocenters. The maximum absolute atomic E-state index is 10.5. The maximum Gasteiger partial charge on any atom is 0.303 e. The van der Waals surface area contributed by atoms with Crippen LogP contribution in [0.2, 0.25) is 0 Å². The first-order chi connectivity index (χ1) is 12.0. The van der Waals surface area contributed by atoms with Gasteiger partial charge in [0.15, 0.2) is 0 Å². The zero-order chi connectivity index (χ0) is 18.7. The zero-order valence-corrected chi connectivity index (χ0v) is 14.8. The number of hydrogen-bond donors (Lipinski definition) is 4. The van der Waals surface area contributed by atoms with E-state index in [1.165, 1.54) is 0 Å². The highest BCUT2D eigenvalue weighted by Gasteiger charge is 2.39. The minimum absolute atomic E-state index is 0.0930. The number of aliphatic hydroxyl groups excluding tert-OH is 3. The molecule has 0 aromatic heterocycles. The molecule has 1 fully saturated rings. The van der Waals surface area contributed by atoms with Crippen molar-refractivity contribution in [2.45, 2.75) is 70.2 Å². The number of carboxylic acid groups (broad SMARTS) is 1. The third kappa shape index (κ3) is 8.35. The van der Waals surface area contributed by atoms with E-state index in [-0.39, 0.29) is 18.3 Å². The smallest absolute Gasteiger partial charge is 0.303 e. The summed E-state index contributed by atoms with van der Waals surface area (Å²) >= 11 is 0. The van der Waals surface area contributed by atoms with E-state index >= 15 is 0 Å². The normalized spacial score (nSPS) is 27.5. The molecule has 5 nitrogen and oxygen atoms in total. The van der Waals surface area contributed by atoms with Crippen LogP contribution in [0.5, 0.6) is 0 Å². The first-order valence-electron chi connectivity index (χ1n) is 8.94. The molecule has 0 amide bonds. The number of hydrogen-bond acceptors (Lipinski definition) is 4. The van der Waals surface area contributed by atoms with E-state index in [9.17, 15) is 20.1 Å². The Morgan fingerprint density at radius 1 is 1.28 bits per heavy atom. The second-order valence-electron chi connectivity index (χ2n) is 6.52. The lowest BCUT2D eigenvalue weighted by Gasteiger charge is -2.19. The highest BCUT2D eigenvalue weighted by molar-refractivity contribution is 5.66. The zero-order valence-electron chi connectivity index (χ0n) is 14.8. The molecule has 0 unspecified atom stereocenters. The summed E-state index contributed by atoms with van der Waals surface area (Å²) in [6, 6.07) is 0. The van der Waals surface area contributed by atoms with Gasteiger partial charge in [0, 0.05) is 25.2 Å². The second-order valence-corrected chi connectivity index (χ2v) is 6.52. The number of unbranched alkanes of at least 4 members (excludes halogenated alkanes) is 1. The lowest BCUT2D eigenvalue weighted by molar-refractivity contribution is -0.137. The molecule has 5 heteroatoms. The minimum Gasteiger partial charge on any atom is -0.481 e. The molecular formula is C20H30O5. The van der Waals surface area contributed by atoms with Crippen LogP contribution in [0.3, 0.4) is 0 Å². The SMILES string of the molecule is CC#CCC[C@H](O)C=C[C@@H]1[C@@H](CC=CCCCC(=O)O)[C@@H](O)C[C@H]1O. The fraction of sp³-hybridized carbons (Fsp3) is 0.650. The van der Waals surface area contributed by atoms with Gasteiger partial charge in [-0.2, -0.15) is 0 Å². The fourth-order valence-corrected chi connectivity index (χ4v) is 3.15. The van der Waals surface area contributed by atoms with Gasteiger partial charge in [-0.15, -0.1) is 11.8 Å². The van der Waals surface area contributed by atoms with Crippen LogP contribution in [-0.4, -0.2) is 44.7 Å². The Morgan fingerprint density at radius 2 is 2.04 bits per heavy atom. The monoisotopic (exact) mass is 350 g/mol. The van der Waals surface area contributed by atoms with Crippen molar-refractivity contribution >= 4 is 5.97 Å². The van der Waals surface area contributed by atoms with Gasteiger partial charge < -0.3 is 20.4 Å². The van der Waals surface area contributed by atoms with E-state index in [1.807, 2.05) is 18.2 Å². The lowest BCUT2D eigenvalue weighted by Crippen LogP contribution is -2.20. The molecular weight excluding hydrogens is 320 g/mol. The van der Waals surface area contributed by atoms with E-state index in [0.717, 1.165) is 0 Å². The predicted octanol–water partition coefficient (Wildman–Crippen LogP) is 2.27. The third-order valence-corrected chi connectivity index (χ3v) is 4.55. The van der Waals surface area contributed by atoms with Crippen LogP contribution in [0.1, 0.15) is 51.9 Å². The average molecular weight is 350 g/mol. The molecule has 0 spiro atoms. The Balaban J connectivity index is 2.50. The summed E-state index contributed by atoms with van der Waals surface area (Å²) in [5, 5.41) is 38.8. The van der Waals surface area contributed by atoms with E-state index in [0.29, 0.717) is 38.5 Å². The average Bonchev–Trinajstić information content (AvgIpc) is 2.82. The molecule has 0 heterocycles. The van der Waals surface area contributed by atoms with Crippen molar-refractivity contribution in [2.24, 2.45) is 11.8 Å². The maximum atomic E-state index is 10.5. The Hall–Kier alpha value is -1.61. The van der Waals surface area contributed by atoms with Gasteiger partial charge in [0.25, 0.3) is 0 Å². The summed E-state index contributed by atoms with van der Waals surface area (Å²) in [5.41, 5.74) is 0. The van der Waals surface area contributed by atoms with Crippen molar-refractivity contribution < 1.29 is 25.2 Å². The lowest BCUT2D eigenvalue weighted by atomic mass is 9.89. The van der Waals surface area contributed by atoms with Gasteiger partial charge in [0.2, 0.25) is 0 Å². The van der Waals surface area contributed by atoms with Crippen LogP contribution < -0.4 is 0 Å². The van der Waals surface area contributed by atoms with Crippen LogP contribution in [0, 0.1) is 23.7 Å². The highest BCUT2D eigenvalue weighted by Crippen LogP contribution is 2.36. The van der Waals surface area contributed by atoms with Gasteiger partial charge in [-0.25, -0.2) is 0 Å². The van der Waals surface area contributed by atoms with Crippen molar-refractivity contribution in [3.05, 3.63) is 24.3 Å². The molecule has 1 rings (SSSR count). The predicted molar refractivity (Wildman–Crippen MR) is 96.7 cm³/mol. The molecule has 1 saturated carbocycles. The molecule has 25 heavy (non-hydrogen) atoms. The topological polar surface area (TPSA) is 98.0 Å². The number of rotatable bonds is 10. The molecule has 140 valence electrons. The molecule has 0 aromatic rings. The number of aliphatic hydroxyl groups is 3. The molecule has 0 aromatic carbocycles. The van der Waals surface area contributed by atoms with Crippen LogP contribution in [0.4, 0.5) is 0 Å². The number of carbonyl (C=O) groups is 1. The number of aliphatic carboxylic acids is 1. The van der Waals surface area contributed by atoms with E-state index < -0.39 is 24.3 Å². The van der Waals surface area contributed by atoms with Gasteiger partial charge in [-0.05, 0) is 38.5 Å². The second kappa shape index (κ2) is 11.9. The van der Waals surface area contributed by atoms with Gasteiger partial charge in [-0.1, -0.05) is 24.3 Å². The summed E-state index contributed by atoms with van der Waals surface area (Å²) < 4.78 is 0. The van der Waals surface area contributed by atoms with E-state index in [4.69, 9.17) is 5.11 Å². The largest absolute Gasteiger partial charge is 0.481 e. The number of carboxylic acids is 1. The van der Waals surface area contributed by atoms with Crippen LogP contribution in [0.25, 0.3) is 0 Å². The molecule has 0 aliphatic heterocycles. The van der Waals surface area contributed by atoms with Gasteiger partial charge in [-0.3, -0.25) is 4.79 Å². The number of allylic oxidation sites excluding steroid dienone is 2. The van der Waals surface area contributed by atoms with Gasteiger partial charge in [0.1, 0.15) is 0 Å². The molecule has 4 N–H and O–H groups in total. The molecule has 0 bridgehead atoms. The highest BCUT2D eigenvalue weighted by atomic mass is 16.4. The first kappa shape index (κ1) is 21.4. The summed E-state index contributed by atoms with van der Waals surface area (Å²) in [4.78, 5) is 10.5. The quantitative estimate of drug-likeness (QED) is 0.275. The Morgan fingerprint density at radius 3 is 2.72 bits per heavy atom. The van der Waals surface area contributed by atoms with E-state index in [2.05, 4.69) is 11.8 Å². The summed E-state index contributed by atoms with van der Waals surface area (Å²) in [6.45, 7) is 1.76. The third-order valence-electron chi connectivity index (χ3n) is 4.55. The molecule has 1 aliphatic rings. The fourth-order valence-electron chi connectivity index (χ4n) is 3.15. The molecule has 1 aliphatic carbocycles.